The van der Waals surface area contributed by atoms with Gasteiger partial charge in [-0.25, -0.2) is 4.79 Å². The summed E-state index contributed by atoms with van der Waals surface area (Å²) >= 11 is 3.26. The lowest BCUT2D eigenvalue weighted by atomic mass is 10.1. The largest absolute Gasteiger partial charge is 0.452 e. The average Bonchev–Trinajstić information content (AvgIpc) is 2.55. The number of nitrogens with two attached hydrogens (primary N) is 1. The Morgan fingerprint density at radius 2 is 2.00 bits per heavy atom. The number of ether oxygens (including phenoxy) is 1. The Morgan fingerprint density at radius 1 is 1.22 bits per heavy atom. The highest BCUT2D eigenvalue weighted by Crippen LogP contribution is 2.19. The molecular weight excluding hydrogens is 360 g/mol. The van der Waals surface area contributed by atoms with Gasteiger partial charge in [0.15, 0.2) is 6.61 Å². The topological polar surface area (TPSA) is 81.4 Å². The number of benzene rings is 2. The fourth-order valence-corrected chi connectivity index (χ4v) is 2.34. The van der Waals surface area contributed by atoms with Crippen LogP contribution in [-0.2, 0) is 16.0 Å². The first-order valence-electron chi connectivity index (χ1n) is 7.10. The zero-order valence-corrected chi connectivity index (χ0v) is 14.2. The number of nitrogens with one attached hydrogen (secondary N) is 1. The Balaban J connectivity index is 1.93. The van der Waals surface area contributed by atoms with Crippen LogP contribution < -0.4 is 11.1 Å². The number of rotatable bonds is 5. The highest BCUT2D eigenvalue weighted by Gasteiger charge is 2.14. The van der Waals surface area contributed by atoms with Crippen molar-refractivity contribution in [2.24, 2.45) is 0 Å². The molecule has 0 saturated carbocycles. The van der Waals surface area contributed by atoms with Gasteiger partial charge >= 0.3 is 5.97 Å². The minimum absolute atomic E-state index is 0.222. The first-order chi connectivity index (χ1) is 11.0. The van der Waals surface area contributed by atoms with E-state index in [1.807, 2.05) is 25.1 Å². The van der Waals surface area contributed by atoms with E-state index in [4.69, 9.17) is 10.5 Å². The first-order valence-corrected chi connectivity index (χ1v) is 7.90. The predicted octanol–water partition coefficient (Wildman–Crippen LogP) is 3.39. The van der Waals surface area contributed by atoms with Gasteiger partial charge in [-0.05, 0) is 42.3 Å². The van der Waals surface area contributed by atoms with E-state index in [-0.39, 0.29) is 12.2 Å². The van der Waals surface area contributed by atoms with Crippen LogP contribution in [0.4, 0.5) is 11.4 Å². The second-order valence-corrected chi connectivity index (χ2v) is 5.83. The fourth-order valence-electron chi connectivity index (χ4n) is 1.98. The molecule has 2 rings (SSSR count). The van der Waals surface area contributed by atoms with Gasteiger partial charge in [-0.2, -0.15) is 0 Å². The van der Waals surface area contributed by atoms with E-state index in [1.54, 1.807) is 24.3 Å². The molecule has 0 aliphatic rings. The molecule has 0 radical (unpaired) electrons. The minimum atomic E-state index is -0.638. The zero-order valence-electron chi connectivity index (χ0n) is 12.6. The monoisotopic (exact) mass is 376 g/mol. The van der Waals surface area contributed by atoms with Gasteiger partial charge in [0.1, 0.15) is 0 Å². The van der Waals surface area contributed by atoms with Crippen LogP contribution in [0.3, 0.4) is 0 Å². The molecule has 0 aliphatic carbocycles. The number of esters is 1. The minimum Gasteiger partial charge on any atom is -0.452 e. The average molecular weight is 377 g/mol. The van der Waals surface area contributed by atoms with Crippen LogP contribution in [0.25, 0.3) is 0 Å². The van der Waals surface area contributed by atoms with Gasteiger partial charge in [-0.15, -0.1) is 0 Å². The van der Waals surface area contributed by atoms with E-state index in [2.05, 4.69) is 21.2 Å². The summed E-state index contributed by atoms with van der Waals surface area (Å²) in [4.78, 5) is 23.8. The Hall–Kier alpha value is -2.34. The SMILES string of the molecule is CCc1cccc(NC(=O)COC(=O)c2cc(Br)ccc2N)c1. The lowest BCUT2D eigenvalue weighted by molar-refractivity contribution is -0.119. The summed E-state index contributed by atoms with van der Waals surface area (Å²) in [6, 6.07) is 12.4. The van der Waals surface area contributed by atoms with Crippen molar-refractivity contribution >= 4 is 39.2 Å². The second kappa shape index (κ2) is 7.78. The van der Waals surface area contributed by atoms with Crippen LogP contribution in [0.2, 0.25) is 0 Å². The molecule has 5 nitrogen and oxygen atoms in total. The van der Waals surface area contributed by atoms with Crippen molar-refractivity contribution in [2.75, 3.05) is 17.7 Å². The maximum atomic E-state index is 12.0. The van der Waals surface area contributed by atoms with E-state index in [9.17, 15) is 9.59 Å². The van der Waals surface area contributed by atoms with E-state index in [1.165, 1.54) is 0 Å². The van der Waals surface area contributed by atoms with Crippen LogP contribution in [0.15, 0.2) is 46.9 Å². The lowest BCUT2D eigenvalue weighted by Crippen LogP contribution is -2.21. The van der Waals surface area contributed by atoms with E-state index >= 15 is 0 Å². The van der Waals surface area contributed by atoms with Crippen LogP contribution in [0, 0.1) is 0 Å². The molecule has 0 atom stereocenters. The van der Waals surface area contributed by atoms with E-state index < -0.39 is 11.9 Å². The third kappa shape index (κ3) is 4.82. The van der Waals surface area contributed by atoms with Gasteiger partial charge in [-0.3, -0.25) is 4.79 Å². The summed E-state index contributed by atoms with van der Waals surface area (Å²) in [7, 11) is 0. The molecule has 3 N–H and O–H groups in total. The molecule has 2 aromatic rings. The zero-order chi connectivity index (χ0) is 16.8. The highest BCUT2D eigenvalue weighted by atomic mass is 79.9. The number of hydrogen-bond donors (Lipinski definition) is 2. The number of anilines is 2. The molecule has 0 unspecified atom stereocenters. The summed E-state index contributed by atoms with van der Waals surface area (Å²) in [5.41, 5.74) is 8.04. The first kappa shape index (κ1) is 17.0. The molecule has 1 amide bonds. The van der Waals surface area contributed by atoms with Gasteiger partial charge in [0, 0.05) is 15.8 Å². The number of hydrogen-bond acceptors (Lipinski definition) is 4. The second-order valence-electron chi connectivity index (χ2n) is 4.91. The summed E-state index contributed by atoms with van der Waals surface area (Å²) in [5.74, 6) is -1.04. The van der Waals surface area contributed by atoms with Gasteiger partial charge in [0.05, 0.1) is 5.56 Å². The van der Waals surface area contributed by atoms with Crippen molar-refractivity contribution in [3.05, 3.63) is 58.1 Å². The molecule has 120 valence electrons. The van der Waals surface area contributed by atoms with Crippen LogP contribution in [0.1, 0.15) is 22.8 Å². The van der Waals surface area contributed by atoms with Crippen LogP contribution in [-0.4, -0.2) is 18.5 Å². The fraction of sp³-hybridized carbons (Fsp3) is 0.176. The van der Waals surface area contributed by atoms with Gasteiger partial charge < -0.3 is 15.8 Å². The van der Waals surface area contributed by atoms with Crippen molar-refractivity contribution in [3.63, 3.8) is 0 Å². The molecule has 0 aliphatic heterocycles. The molecule has 0 saturated heterocycles. The Morgan fingerprint density at radius 3 is 2.74 bits per heavy atom. The van der Waals surface area contributed by atoms with Crippen molar-refractivity contribution in [1.29, 1.82) is 0 Å². The van der Waals surface area contributed by atoms with E-state index in [0.29, 0.717) is 15.8 Å². The maximum absolute atomic E-state index is 12.0. The standard InChI is InChI=1S/C17H17BrN2O3/c1-2-11-4-3-5-13(8-11)20-16(21)10-23-17(22)14-9-12(18)6-7-15(14)19/h3-9H,2,10,19H2,1H3,(H,20,21). The van der Waals surface area contributed by atoms with Crippen molar-refractivity contribution in [2.45, 2.75) is 13.3 Å². The number of aryl methyl sites for hydroxylation is 1. The number of nitrogen functional groups attached to an aromatic ring is 1. The Kier molecular flexibility index (Phi) is 5.76. The van der Waals surface area contributed by atoms with Crippen molar-refractivity contribution in [1.82, 2.24) is 0 Å². The highest BCUT2D eigenvalue weighted by molar-refractivity contribution is 9.10. The lowest BCUT2D eigenvalue weighted by Gasteiger charge is -2.09. The molecule has 2 aromatic carbocycles. The molecule has 0 fully saturated rings. The number of halogens is 1. The summed E-state index contributed by atoms with van der Waals surface area (Å²) in [6.07, 6.45) is 0.876. The Labute approximate surface area is 143 Å². The number of carbonyl (C=O) groups excluding carboxylic acids is 2. The molecule has 0 heterocycles. The maximum Gasteiger partial charge on any atom is 0.340 e. The Bertz CT molecular complexity index is 732. The smallest absolute Gasteiger partial charge is 0.340 e. The third-order valence-corrected chi connectivity index (χ3v) is 3.68. The van der Waals surface area contributed by atoms with Crippen LogP contribution in [0.5, 0.6) is 0 Å². The summed E-state index contributed by atoms with van der Waals surface area (Å²) < 4.78 is 5.71. The summed E-state index contributed by atoms with van der Waals surface area (Å²) in [5, 5.41) is 2.69. The molecule has 0 spiro atoms. The normalized spacial score (nSPS) is 10.2. The predicted molar refractivity (Wildman–Crippen MR) is 93.3 cm³/mol. The molecule has 0 bridgehead atoms. The molecular formula is C17H17BrN2O3. The molecule has 23 heavy (non-hydrogen) atoms. The van der Waals surface area contributed by atoms with Crippen molar-refractivity contribution in [3.8, 4) is 0 Å². The van der Waals surface area contributed by atoms with Gasteiger partial charge in [-0.1, -0.05) is 35.0 Å². The number of amides is 1. The van der Waals surface area contributed by atoms with Crippen LogP contribution >= 0.6 is 15.9 Å². The quantitative estimate of drug-likeness (QED) is 0.618. The molecule has 0 aromatic heterocycles. The van der Waals surface area contributed by atoms with E-state index in [0.717, 1.165) is 12.0 Å². The summed E-state index contributed by atoms with van der Waals surface area (Å²) in [6.45, 7) is 1.66. The van der Waals surface area contributed by atoms with Gasteiger partial charge in [0.2, 0.25) is 0 Å². The van der Waals surface area contributed by atoms with Gasteiger partial charge in [0.25, 0.3) is 5.91 Å². The number of carbonyl (C=O) groups is 2. The van der Waals surface area contributed by atoms with Crippen molar-refractivity contribution < 1.29 is 14.3 Å². The molecule has 6 heteroatoms. The third-order valence-electron chi connectivity index (χ3n) is 3.19.